The summed E-state index contributed by atoms with van der Waals surface area (Å²) in [6, 6.07) is 12.1. The van der Waals surface area contributed by atoms with Gasteiger partial charge in [-0.3, -0.25) is 0 Å². The van der Waals surface area contributed by atoms with Crippen LogP contribution in [-0.4, -0.2) is 24.5 Å². The van der Waals surface area contributed by atoms with Gasteiger partial charge in [-0.25, -0.2) is 17.4 Å². The van der Waals surface area contributed by atoms with Crippen molar-refractivity contribution in [1.29, 1.82) is 0 Å². The second kappa shape index (κ2) is 7.19. The summed E-state index contributed by atoms with van der Waals surface area (Å²) in [5.41, 5.74) is 1.02. The van der Waals surface area contributed by atoms with Gasteiger partial charge in [0.1, 0.15) is 5.75 Å². The molecule has 0 atom stereocenters. The number of methoxy groups -OCH3 is 1. The Bertz CT molecular complexity index is 1080. The molecule has 0 aliphatic heterocycles. The lowest BCUT2D eigenvalue weighted by Crippen LogP contribution is -2.14. The van der Waals surface area contributed by atoms with E-state index in [4.69, 9.17) is 4.74 Å². The van der Waals surface area contributed by atoms with Gasteiger partial charge in [0.15, 0.2) is 5.65 Å². The van der Waals surface area contributed by atoms with Crippen LogP contribution in [-0.2, 0) is 10.0 Å². The molecule has 0 spiro atoms. The van der Waals surface area contributed by atoms with Crippen molar-refractivity contribution in [1.82, 2.24) is 8.96 Å². The van der Waals surface area contributed by atoms with Crippen LogP contribution in [0.5, 0.6) is 5.75 Å². The van der Waals surface area contributed by atoms with E-state index in [9.17, 15) is 8.42 Å². The van der Waals surface area contributed by atoms with E-state index in [1.165, 1.54) is 16.8 Å². The van der Waals surface area contributed by atoms with Gasteiger partial charge >= 0.3 is 0 Å². The highest BCUT2D eigenvalue weighted by molar-refractivity contribution is 7.90. The minimum Gasteiger partial charge on any atom is -0.495 e. The molecule has 2 aromatic heterocycles. The topological polar surface area (TPSA) is 61.2 Å². The number of aromatic nitrogens is 2. The molecule has 0 saturated heterocycles. The van der Waals surface area contributed by atoms with Gasteiger partial charge in [-0.05, 0) is 49.1 Å². The van der Waals surface area contributed by atoms with E-state index in [-0.39, 0.29) is 4.90 Å². The SMILES string of the molecule is COc1cnc2c(c1)cc(C=CC1CCCC1)n2S(=O)(=O)c1ccccc1. The molecular weight excluding hydrogens is 360 g/mol. The Balaban J connectivity index is 1.89. The molecule has 1 fully saturated rings. The number of nitrogens with zero attached hydrogens (tertiary/aromatic N) is 2. The summed E-state index contributed by atoms with van der Waals surface area (Å²) >= 11 is 0. The molecule has 4 rings (SSSR count). The van der Waals surface area contributed by atoms with E-state index in [0.29, 0.717) is 23.0 Å². The van der Waals surface area contributed by atoms with Gasteiger partial charge in [0, 0.05) is 5.39 Å². The van der Waals surface area contributed by atoms with Crippen LogP contribution in [0.25, 0.3) is 17.1 Å². The molecule has 27 heavy (non-hydrogen) atoms. The van der Waals surface area contributed by atoms with Gasteiger partial charge in [0.2, 0.25) is 0 Å². The summed E-state index contributed by atoms with van der Waals surface area (Å²) in [6.45, 7) is 0. The minimum absolute atomic E-state index is 0.246. The van der Waals surface area contributed by atoms with E-state index in [2.05, 4.69) is 11.1 Å². The van der Waals surface area contributed by atoms with Crippen molar-refractivity contribution in [2.75, 3.05) is 7.11 Å². The first-order chi connectivity index (χ1) is 13.1. The predicted molar refractivity (Wildman–Crippen MR) is 106 cm³/mol. The van der Waals surface area contributed by atoms with E-state index in [1.54, 1.807) is 43.6 Å². The lowest BCUT2D eigenvalue weighted by atomic mass is 10.1. The van der Waals surface area contributed by atoms with Crippen molar-refractivity contribution in [2.24, 2.45) is 5.92 Å². The number of hydrogen-bond acceptors (Lipinski definition) is 4. The second-order valence-corrected chi connectivity index (χ2v) is 8.63. The fraction of sp³-hybridized carbons (Fsp3) is 0.286. The monoisotopic (exact) mass is 382 g/mol. The Morgan fingerprint density at radius 3 is 2.59 bits per heavy atom. The number of pyridine rings is 1. The van der Waals surface area contributed by atoms with E-state index >= 15 is 0 Å². The predicted octanol–water partition coefficient (Wildman–Crippen LogP) is 4.49. The number of allylic oxidation sites excluding steroid dienone is 1. The van der Waals surface area contributed by atoms with E-state index in [1.807, 2.05) is 18.2 Å². The van der Waals surface area contributed by atoms with Crippen LogP contribution in [0.2, 0.25) is 0 Å². The Hall–Kier alpha value is -2.60. The van der Waals surface area contributed by atoms with Crippen molar-refractivity contribution in [3.05, 3.63) is 60.4 Å². The van der Waals surface area contributed by atoms with Gasteiger partial charge < -0.3 is 4.74 Å². The molecule has 2 heterocycles. The summed E-state index contributed by atoms with van der Waals surface area (Å²) < 4.78 is 33.3. The van der Waals surface area contributed by atoms with Gasteiger partial charge in [0.25, 0.3) is 10.0 Å². The number of fused-ring (bicyclic) bond motifs is 1. The van der Waals surface area contributed by atoms with Gasteiger partial charge in [0.05, 0.1) is 23.9 Å². The number of benzene rings is 1. The Labute approximate surface area is 159 Å². The molecular formula is C21H22N2O3S. The third-order valence-electron chi connectivity index (χ3n) is 5.06. The van der Waals surface area contributed by atoms with Crippen LogP contribution in [0.15, 0.2) is 59.6 Å². The average Bonchev–Trinajstić information content (AvgIpc) is 3.33. The summed E-state index contributed by atoms with van der Waals surface area (Å²) in [4.78, 5) is 4.62. The molecule has 0 unspecified atom stereocenters. The maximum atomic E-state index is 13.3. The lowest BCUT2D eigenvalue weighted by Gasteiger charge is -2.10. The normalized spacial score (nSPS) is 15.7. The van der Waals surface area contributed by atoms with Crippen molar-refractivity contribution >= 4 is 27.1 Å². The van der Waals surface area contributed by atoms with Crippen molar-refractivity contribution in [3.8, 4) is 5.75 Å². The van der Waals surface area contributed by atoms with Gasteiger partial charge in [-0.2, -0.15) is 0 Å². The fourth-order valence-corrected chi connectivity index (χ4v) is 5.12. The molecule has 0 radical (unpaired) electrons. The Morgan fingerprint density at radius 1 is 1.15 bits per heavy atom. The molecule has 1 aromatic carbocycles. The summed E-state index contributed by atoms with van der Waals surface area (Å²) in [6.07, 6.45) is 10.4. The maximum Gasteiger partial charge on any atom is 0.269 e. The minimum atomic E-state index is -3.76. The van der Waals surface area contributed by atoms with Crippen LogP contribution in [0.1, 0.15) is 31.4 Å². The largest absolute Gasteiger partial charge is 0.495 e. The number of ether oxygens (including phenoxy) is 1. The molecule has 0 N–H and O–H groups in total. The van der Waals surface area contributed by atoms with Gasteiger partial charge in [-0.15, -0.1) is 0 Å². The molecule has 5 nitrogen and oxygen atoms in total. The quantitative estimate of drug-likeness (QED) is 0.652. The highest BCUT2D eigenvalue weighted by Gasteiger charge is 2.23. The van der Waals surface area contributed by atoms with Crippen LogP contribution in [0.3, 0.4) is 0 Å². The van der Waals surface area contributed by atoms with E-state index in [0.717, 1.165) is 18.2 Å². The van der Waals surface area contributed by atoms with Crippen molar-refractivity contribution < 1.29 is 13.2 Å². The number of rotatable bonds is 5. The van der Waals surface area contributed by atoms with Crippen LogP contribution in [0, 0.1) is 5.92 Å². The summed E-state index contributed by atoms with van der Waals surface area (Å²) in [5.74, 6) is 1.11. The van der Waals surface area contributed by atoms with Crippen LogP contribution < -0.4 is 4.74 Å². The zero-order valence-corrected chi connectivity index (χ0v) is 16.0. The highest BCUT2D eigenvalue weighted by Crippen LogP contribution is 2.30. The molecule has 0 bridgehead atoms. The third kappa shape index (κ3) is 3.37. The number of hydrogen-bond donors (Lipinski definition) is 0. The maximum absolute atomic E-state index is 13.3. The van der Waals surface area contributed by atoms with Crippen LogP contribution >= 0.6 is 0 Å². The highest BCUT2D eigenvalue weighted by atomic mass is 32.2. The van der Waals surface area contributed by atoms with Crippen LogP contribution in [0.4, 0.5) is 0 Å². The molecule has 6 heteroatoms. The molecule has 1 aliphatic carbocycles. The Morgan fingerprint density at radius 2 is 1.89 bits per heavy atom. The first-order valence-electron chi connectivity index (χ1n) is 9.14. The van der Waals surface area contributed by atoms with E-state index < -0.39 is 10.0 Å². The summed E-state index contributed by atoms with van der Waals surface area (Å²) in [5, 5.41) is 0.736. The van der Waals surface area contributed by atoms with Gasteiger partial charge in [-0.1, -0.05) is 37.1 Å². The zero-order valence-electron chi connectivity index (χ0n) is 15.2. The third-order valence-corrected chi connectivity index (χ3v) is 6.79. The Kier molecular flexibility index (Phi) is 4.74. The molecule has 0 amide bonds. The second-order valence-electron chi connectivity index (χ2n) is 6.84. The standard InChI is InChI=1S/C21H22N2O3S/c1-26-19-14-17-13-18(12-11-16-7-5-6-8-16)23(21(17)22-15-19)27(24,25)20-9-3-2-4-10-20/h2-4,9-16H,5-8H2,1H3. The zero-order chi connectivity index (χ0) is 18.9. The fourth-order valence-electron chi connectivity index (χ4n) is 3.63. The lowest BCUT2D eigenvalue weighted by molar-refractivity contribution is 0.413. The smallest absolute Gasteiger partial charge is 0.269 e. The molecule has 1 saturated carbocycles. The first kappa shape index (κ1) is 17.8. The molecule has 140 valence electrons. The van der Waals surface area contributed by atoms with Crippen molar-refractivity contribution in [3.63, 3.8) is 0 Å². The molecule has 3 aromatic rings. The first-order valence-corrected chi connectivity index (χ1v) is 10.6. The summed E-state index contributed by atoms with van der Waals surface area (Å²) in [7, 11) is -2.19. The molecule has 1 aliphatic rings. The average molecular weight is 382 g/mol. The van der Waals surface area contributed by atoms with Crippen molar-refractivity contribution in [2.45, 2.75) is 30.6 Å².